The zero-order valence-electron chi connectivity index (χ0n) is 16.3. The van der Waals surface area contributed by atoms with Crippen LogP contribution >= 0.6 is 11.6 Å². The lowest BCUT2D eigenvalue weighted by Crippen LogP contribution is -2.29. The molecule has 0 radical (unpaired) electrons. The first-order chi connectivity index (χ1) is 14.6. The molecule has 0 spiro atoms. The summed E-state index contributed by atoms with van der Waals surface area (Å²) in [7, 11) is 0. The molecular weight excluding hydrogens is 402 g/mol. The van der Waals surface area contributed by atoms with E-state index in [9.17, 15) is 0 Å². The molecule has 1 aliphatic carbocycles. The maximum absolute atomic E-state index is 6.68. The van der Waals surface area contributed by atoms with Crippen molar-refractivity contribution in [3.05, 3.63) is 41.3 Å². The first-order valence-electron chi connectivity index (χ1n) is 10.1. The third kappa shape index (κ3) is 2.71. The molecule has 1 saturated carbocycles. The van der Waals surface area contributed by atoms with Crippen molar-refractivity contribution in [2.45, 2.75) is 19.4 Å². The predicted molar refractivity (Wildman–Crippen MR) is 115 cm³/mol. The van der Waals surface area contributed by atoms with E-state index in [1.165, 1.54) is 0 Å². The van der Waals surface area contributed by atoms with Gasteiger partial charge in [-0.05, 0) is 30.4 Å². The molecule has 30 heavy (non-hydrogen) atoms. The Kier molecular flexibility index (Phi) is 3.88. The van der Waals surface area contributed by atoms with Crippen LogP contribution in [-0.4, -0.2) is 44.1 Å². The zero-order chi connectivity index (χ0) is 20.4. The number of nitrogens with one attached hydrogen (secondary N) is 1. The van der Waals surface area contributed by atoms with Crippen LogP contribution in [0.25, 0.3) is 22.1 Å². The first-order valence-corrected chi connectivity index (χ1v) is 10.5. The highest BCUT2D eigenvalue weighted by Crippen LogP contribution is 2.47. The number of hydrogen-bond acceptors (Lipinski definition) is 7. The number of fused-ring (bicyclic) bond motifs is 3. The van der Waals surface area contributed by atoms with E-state index in [0.29, 0.717) is 34.3 Å². The fourth-order valence-electron chi connectivity index (χ4n) is 4.45. The van der Waals surface area contributed by atoms with Crippen LogP contribution in [0, 0.1) is 11.8 Å². The quantitative estimate of drug-likeness (QED) is 0.520. The van der Waals surface area contributed by atoms with Crippen LogP contribution in [0.1, 0.15) is 12.6 Å². The molecule has 4 heterocycles. The number of aromatic nitrogens is 5. The highest BCUT2D eigenvalue weighted by atomic mass is 35.5. The van der Waals surface area contributed by atoms with E-state index in [-0.39, 0.29) is 6.01 Å². The van der Waals surface area contributed by atoms with E-state index in [0.717, 1.165) is 47.4 Å². The summed E-state index contributed by atoms with van der Waals surface area (Å²) in [5.41, 5.74) is 9.31. The number of piperidine rings is 1. The minimum Gasteiger partial charge on any atom is -0.424 e. The molecule has 4 aromatic rings. The summed E-state index contributed by atoms with van der Waals surface area (Å²) in [6, 6.07) is 6.12. The summed E-state index contributed by atoms with van der Waals surface area (Å²) >= 11 is 6.68. The van der Waals surface area contributed by atoms with Crippen molar-refractivity contribution in [1.82, 2.24) is 24.9 Å². The van der Waals surface area contributed by atoms with Crippen molar-refractivity contribution in [2.75, 3.05) is 18.0 Å². The van der Waals surface area contributed by atoms with Gasteiger partial charge in [-0.2, -0.15) is 9.97 Å². The number of H-pyrrole nitrogens is 1. The second-order valence-corrected chi connectivity index (χ2v) is 8.32. The molecule has 3 aromatic heterocycles. The lowest BCUT2D eigenvalue weighted by Gasteiger charge is -2.21. The molecule has 152 valence electrons. The summed E-state index contributed by atoms with van der Waals surface area (Å²) in [6.07, 6.45) is 4.10. The van der Waals surface area contributed by atoms with E-state index in [1.54, 1.807) is 12.4 Å². The molecule has 6 rings (SSSR count). The number of aromatic amines is 1. The number of nitrogens with two attached hydrogens (primary N) is 1. The number of rotatable bonds is 4. The van der Waals surface area contributed by atoms with E-state index >= 15 is 0 Å². The van der Waals surface area contributed by atoms with Gasteiger partial charge in [-0.25, -0.2) is 0 Å². The van der Waals surface area contributed by atoms with E-state index < -0.39 is 0 Å². The first kappa shape index (κ1) is 17.9. The molecule has 2 aliphatic rings. The Balaban J connectivity index is 1.42. The summed E-state index contributed by atoms with van der Waals surface area (Å²) < 4.78 is 6.03. The Bertz CT molecular complexity index is 1280. The lowest BCUT2D eigenvalue weighted by molar-refractivity contribution is 0.444. The van der Waals surface area contributed by atoms with E-state index in [4.69, 9.17) is 27.1 Å². The number of anilines is 1. The molecule has 9 heteroatoms. The Morgan fingerprint density at radius 3 is 2.70 bits per heavy atom. The van der Waals surface area contributed by atoms with Crippen molar-refractivity contribution < 1.29 is 4.74 Å². The Morgan fingerprint density at radius 1 is 1.17 bits per heavy atom. The fraction of sp³-hybridized carbons (Fsp3) is 0.333. The molecule has 2 atom stereocenters. The van der Waals surface area contributed by atoms with Crippen LogP contribution in [0.4, 0.5) is 5.82 Å². The summed E-state index contributed by atoms with van der Waals surface area (Å²) in [5, 5.41) is 1.53. The number of aryl methyl sites for hydroxylation is 1. The van der Waals surface area contributed by atoms with Gasteiger partial charge in [0.2, 0.25) is 0 Å². The maximum Gasteiger partial charge on any atom is 0.325 e. The second kappa shape index (κ2) is 6.52. The van der Waals surface area contributed by atoms with Crippen molar-refractivity contribution in [3.8, 4) is 11.8 Å². The fourth-order valence-corrected chi connectivity index (χ4v) is 4.80. The molecule has 1 aliphatic heterocycles. The highest BCUT2D eigenvalue weighted by Gasteiger charge is 2.54. The number of nitrogens with zero attached hydrogens (tertiary/aromatic N) is 5. The van der Waals surface area contributed by atoms with Gasteiger partial charge in [0.25, 0.3) is 0 Å². The largest absolute Gasteiger partial charge is 0.424 e. The number of ether oxygens (including phenoxy) is 1. The van der Waals surface area contributed by atoms with Gasteiger partial charge in [0.05, 0.1) is 21.4 Å². The highest BCUT2D eigenvalue weighted by molar-refractivity contribution is 6.37. The smallest absolute Gasteiger partial charge is 0.325 e. The Hall–Kier alpha value is -2.97. The lowest BCUT2D eigenvalue weighted by atomic mass is 10.2. The van der Waals surface area contributed by atoms with Crippen molar-refractivity contribution in [1.29, 1.82) is 0 Å². The van der Waals surface area contributed by atoms with Gasteiger partial charge in [0, 0.05) is 43.3 Å². The molecule has 0 amide bonds. The van der Waals surface area contributed by atoms with Gasteiger partial charge >= 0.3 is 6.01 Å². The SMILES string of the molecule is CCc1[nH]c2nc(Oc3ccc4nccnc4c3)nc(N3CC4C(N)C4C3)c2c1Cl. The summed E-state index contributed by atoms with van der Waals surface area (Å²) in [4.78, 5) is 23.6. The molecule has 1 aromatic carbocycles. The van der Waals surface area contributed by atoms with Gasteiger partial charge in [-0.3, -0.25) is 9.97 Å². The third-order valence-electron chi connectivity index (χ3n) is 6.19. The zero-order valence-corrected chi connectivity index (χ0v) is 17.1. The van der Waals surface area contributed by atoms with E-state index in [2.05, 4.69) is 31.8 Å². The summed E-state index contributed by atoms with van der Waals surface area (Å²) in [5.74, 6) is 2.47. The van der Waals surface area contributed by atoms with Crippen molar-refractivity contribution in [3.63, 3.8) is 0 Å². The molecule has 1 saturated heterocycles. The number of halogens is 1. The van der Waals surface area contributed by atoms with Gasteiger partial charge in [-0.15, -0.1) is 0 Å². The van der Waals surface area contributed by atoms with Crippen LogP contribution in [0.15, 0.2) is 30.6 Å². The Labute approximate surface area is 177 Å². The number of hydrogen-bond donors (Lipinski definition) is 2. The van der Waals surface area contributed by atoms with Gasteiger partial charge in [0.1, 0.15) is 17.2 Å². The minimum atomic E-state index is 0.270. The third-order valence-corrected chi connectivity index (χ3v) is 6.60. The second-order valence-electron chi connectivity index (χ2n) is 7.94. The molecular formula is C21H20ClN7O. The normalized spacial score (nSPS) is 22.6. The molecule has 2 unspecified atom stereocenters. The number of benzene rings is 1. The van der Waals surface area contributed by atoms with Crippen LogP contribution in [0.5, 0.6) is 11.8 Å². The minimum absolute atomic E-state index is 0.270. The predicted octanol–water partition coefficient (Wildman–Crippen LogP) is 3.30. The van der Waals surface area contributed by atoms with E-state index in [1.807, 2.05) is 18.2 Å². The maximum atomic E-state index is 6.68. The van der Waals surface area contributed by atoms with Crippen LogP contribution in [0.3, 0.4) is 0 Å². The van der Waals surface area contributed by atoms with Gasteiger partial charge < -0.3 is 20.4 Å². The average Bonchev–Trinajstić information content (AvgIpc) is 3.10. The Morgan fingerprint density at radius 2 is 1.93 bits per heavy atom. The van der Waals surface area contributed by atoms with Crippen LogP contribution < -0.4 is 15.4 Å². The molecule has 8 nitrogen and oxygen atoms in total. The van der Waals surface area contributed by atoms with Crippen LogP contribution in [-0.2, 0) is 6.42 Å². The average molecular weight is 422 g/mol. The monoisotopic (exact) mass is 421 g/mol. The molecule has 2 fully saturated rings. The summed E-state index contributed by atoms with van der Waals surface area (Å²) in [6.45, 7) is 3.82. The standard InChI is InChI=1S/C21H20ClN7O/c1-2-13-17(22)16-19(26-13)27-21(28-20(16)29-8-11-12(9-29)18(11)23)30-10-3-4-14-15(7-10)25-6-5-24-14/h3-7,11-12,18H,2,8-9,23H2,1H3,(H,26,27,28). The van der Waals surface area contributed by atoms with Crippen molar-refractivity contribution >= 4 is 39.5 Å². The molecule has 3 N–H and O–H groups in total. The van der Waals surface area contributed by atoms with Crippen molar-refractivity contribution in [2.24, 2.45) is 17.6 Å². The van der Waals surface area contributed by atoms with Crippen LogP contribution in [0.2, 0.25) is 5.02 Å². The van der Waals surface area contributed by atoms with Gasteiger partial charge in [-0.1, -0.05) is 18.5 Å². The topological polar surface area (TPSA) is 106 Å². The van der Waals surface area contributed by atoms with Gasteiger partial charge in [0.15, 0.2) is 0 Å². The molecule has 0 bridgehead atoms.